The fourth-order valence-electron chi connectivity index (χ4n) is 2.63. The van der Waals surface area contributed by atoms with Crippen LogP contribution in [0, 0.1) is 13.8 Å². The van der Waals surface area contributed by atoms with E-state index in [0.29, 0.717) is 11.5 Å². The van der Waals surface area contributed by atoms with E-state index in [2.05, 4.69) is 5.32 Å². The third kappa shape index (κ3) is 4.48. The van der Waals surface area contributed by atoms with Gasteiger partial charge >= 0.3 is 0 Å². The molecule has 0 radical (unpaired) electrons. The minimum Gasteiger partial charge on any atom is -0.493 e. The van der Waals surface area contributed by atoms with Gasteiger partial charge in [-0.15, -0.1) is 0 Å². The molecule has 0 aromatic heterocycles. The molecule has 0 aliphatic heterocycles. The van der Waals surface area contributed by atoms with Crippen molar-refractivity contribution in [2.45, 2.75) is 39.8 Å². The largest absolute Gasteiger partial charge is 0.493 e. The molecule has 0 spiro atoms. The van der Waals surface area contributed by atoms with E-state index in [-0.39, 0.29) is 11.9 Å². The average Bonchev–Trinajstić information content (AvgIpc) is 2.64. The van der Waals surface area contributed by atoms with Gasteiger partial charge in [-0.2, -0.15) is 0 Å². The van der Waals surface area contributed by atoms with Crippen LogP contribution in [0.25, 0.3) is 0 Å². The highest BCUT2D eigenvalue weighted by Crippen LogP contribution is 2.30. The molecule has 26 heavy (non-hydrogen) atoms. The summed E-state index contributed by atoms with van der Waals surface area (Å²) >= 11 is 0. The van der Waals surface area contributed by atoms with E-state index in [1.54, 1.807) is 21.1 Å². The molecule has 0 aliphatic carbocycles. The van der Waals surface area contributed by atoms with Gasteiger partial charge in [0.25, 0.3) is 5.91 Å². The first-order valence-corrected chi connectivity index (χ1v) is 8.62. The molecule has 0 unspecified atom stereocenters. The van der Waals surface area contributed by atoms with Crippen molar-refractivity contribution in [3.05, 3.63) is 53.1 Å². The summed E-state index contributed by atoms with van der Waals surface area (Å²) in [6, 6.07) is 11.2. The molecular formula is C21H27NO4. The summed E-state index contributed by atoms with van der Waals surface area (Å²) in [7, 11) is 3.18. The average molecular weight is 357 g/mol. The molecule has 0 heterocycles. The van der Waals surface area contributed by atoms with E-state index in [9.17, 15) is 4.79 Å². The zero-order valence-corrected chi connectivity index (χ0v) is 16.3. The van der Waals surface area contributed by atoms with Crippen molar-refractivity contribution in [1.29, 1.82) is 0 Å². The van der Waals surface area contributed by atoms with Crippen molar-refractivity contribution in [3.63, 3.8) is 0 Å². The maximum Gasteiger partial charge on any atom is 0.261 e. The maximum absolute atomic E-state index is 12.5. The minimum absolute atomic E-state index is 0.173. The Morgan fingerprint density at radius 3 is 2.31 bits per heavy atom. The van der Waals surface area contributed by atoms with Gasteiger partial charge in [-0.3, -0.25) is 4.79 Å². The second-order valence-corrected chi connectivity index (χ2v) is 6.30. The SMILES string of the molecule is COc1ccc([C@@H](C)NC(=O)[C@H](C)Oc2cccc(C)c2C)cc1OC. The molecule has 0 bridgehead atoms. The molecule has 0 saturated heterocycles. The Balaban J connectivity index is 2.05. The van der Waals surface area contributed by atoms with E-state index in [0.717, 1.165) is 22.4 Å². The molecule has 1 N–H and O–H groups in total. The summed E-state index contributed by atoms with van der Waals surface area (Å²) in [5.74, 6) is 1.84. The van der Waals surface area contributed by atoms with Crippen molar-refractivity contribution in [2.75, 3.05) is 14.2 Å². The number of rotatable bonds is 7. The smallest absolute Gasteiger partial charge is 0.261 e. The van der Waals surface area contributed by atoms with Gasteiger partial charge in [-0.25, -0.2) is 0 Å². The topological polar surface area (TPSA) is 56.8 Å². The van der Waals surface area contributed by atoms with E-state index >= 15 is 0 Å². The molecule has 0 aliphatic rings. The number of hydrogen-bond donors (Lipinski definition) is 1. The lowest BCUT2D eigenvalue weighted by atomic mass is 10.1. The summed E-state index contributed by atoms with van der Waals surface area (Å²) in [5.41, 5.74) is 3.10. The van der Waals surface area contributed by atoms with E-state index in [4.69, 9.17) is 14.2 Å². The number of carbonyl (C=O) groups is 1. The van der Waals surface area contributed by atoms with Gasteiger partial charge in [0.2, 0.25) is 0 Å². The first-order valence-electron chi connectivity index (χ1n) is 8.62. The molecule has 2 rings (SSSR count). The Kier molecular flexibility index (Phi) is 6.50. The zero-order valence-electron chi connectivity index (χ0n) is 16.3. The molecule has 2 atom stereocenters. The van der Waals surface area contributed by atoms with E-state index in [1.165, 1.54) is 0 Å². The third-order valence-corrected chi connectivity index (χ3v) is 4.49. The van der Waals surface area contributed by atoms with Gasteiger partial charge in [0, 0.05) is 0 Å². The summed E-state index contributed by atoms with van der Waals surface area (Å²) in [6.07, 6.45) is -0.599. The van der Waals surface area contributed by atoms with Gasteiger partial charge in [0.05, 0.1) is 20.3 Å². The highest BCUT2D eigenvalue weighted by Gasteiger charge is 2.19. The van der Waals surface area contributed by atoms with E-state index in [1.807, 2.05) is 57.2 Å². The van der Waals surface area contributed by atoms with Crippen molar-refractivity contribution >= 4 is 5.91 Å². The summed E-state index contributed by atoms with van der Waals surface area (Å²) in [6.45, 7) is 7.68. The van der Waals surface area contributed by atoms with Crippen LogP contribution in [0.15, 0.2) is 36.4 Å². The number of hydrogen-bond acceptors (Lipinski definition) is 4. The molecule has 0 saturated carbocycles. The lowest BCUT2D eigenvalue weighted by Gasteiger charge is -2.21. The fraction of sp³-hybridized carbons (Fsp3) is 0.381. The number of ether oxygens (including phenoxy) is 3. The molecule has 2 aromatic carbocycles. The quantitative estimate of drug-likeness (QED) is 0.815. The second kappa shape index (κ2) is 8.61. The summed E-state index contributed by atoms with van der Waals surface area (Å²) in [5, 5.41) is 2.98. The Morgan fingerprint density at radius 2 is 1.65 bits per heavy atom. The van der Waals surface area contributed by atoms with Crippen molar-refractivity contribution < 1.29 is 19.0 Å². The van der Waals surface area contributed by atoms with Crippen molar-refractivity contribution in [2.24, 2.45) is 0 Å². The van der Waals surface area contributed by atoms with Gasteiger partial charge in [0.15, 0.2) is 17.6 Å². The van der Waals surface area contributed by atoms with Crippen LogP contribution in [0.3, 0.4) is 0 Å². The van der Waals surface area contributed by atoms with Gasteiger partial charge in [0.1, 0.15) is 5.75 Å². The van der Waals surface area contributed by atoms with Crippen LogP contribution < -0.4 is 19.5 Å². The lowest BCUT2D eigenvalue weighted by molar-refractivity contribution is -0.127. The van der Waals surface area contributed by atoms with Crippen LogP contribution in [-0.4, -0.2) is 26.2 Å². The first kappa shape index (κ1) is 19.6. The molecular weight excluding hydrogens is 330 g/mol. The number of aryl methyl sites for hydroxylation is 1. The molecule has 5 nitrogen and oxygen atoms in total. The van der Waals surface area contributed by atoms with Crippen molar-refractivity contribution in [1.82, 2.24) is 5.32 Å². The third-order valence-electron chi connectivity index (χ3n) is 4.49. The summed E-state index contributed by atoms with van der Waals surface area (Å²) < 4.78 is 16.4. The van der Waals surface area contributed by atoms with Crippen LogP contribution in [0.2, 0.25) is 0 Å². The number of amides is 1. The van der Waals surface area contributed by atoms with Crippen LogP contribution in [0.5, 0.6) is 17.2 Å². The number of benzene rings is 2. The van der Waals surface area contributed by atoms with Crippen molar-refractivity contribution in [3.8, 4) is 17.2 Å². The Bertz CT molecular complexity index is 773. The molecule has 140 valence electrons. The highest BCUT2D eigenvalue weighted by atomic mass is 16.5. The zero-order chi connectivity index (χ0) is 19.3. The molecule has 0 fully saturated rings. The standard InChI is InChI=1S/C21H27NO4/c1-13-8-7-9-18(14(13)2)26-16(4)21(23)22-15(3)17-10-11-19(24-5)20(12-17)25-6/h7-12,15-16H,1-6H3,(H,22,23)/t15-,16+/m1/s1. The van der Waals surface area contributed by atoms with Crippen LogP contribution in [0.1, 0.15) is 36.6 Å². The minimum atomic E-state index is -0.599. The van der Waals surface area contributed by atoms with E-state index < -0.39 is 6.10 Å². The summed E-state index contributed by atoms with van der Waals surface area (Å²) in [4.78, 5) is 12.5. The van der Waals surface area contributed by atoms with Crippen LogP contribution in [-0.2, 0) is 4.79 Å². The number of carbonyl (C=O) groups excluding carboxylic acids is 1. The van der Waals surface area contributed by atoms with Gasteiger partial charge in [-0.05, 0) is 62.6 Å². The fourth-order valence-corrected chi connectivity index (χ4v) is 2.63. The van der Waals surface area contributed by atoms with Gasteiger partial charge < -0.3 is 19.5 Å². The molecule has 1 amide bonds. The Morgan fingerprint density at radius 1 is 0.962 bits per heavy atom. The lowest BCUT2D eigenvalue weighted by Crippen LogP contribution is -2.37. The number of nitrogens with one attached hydrogen (secondary N) is 1. The Labute approximate surface area is 155 Å². The highest BCUT2D eigenvalue weighted by molar-refractivity contribution is 5.81. The Hall–Kier alpha value is -2.69. The first-order chi connectivity index (χ1) is 12.4. The van der Waals surface area contributed by atoms with Crippen LogP contribution >= 0.6 is 0 Å². The van der Waals surface area contributed by atoms with Crippen LogP contribution in [0.4, 0.5) is 0 Å². The second-order valence-electron chi connectivity index (χ2n) is 6.30. The predicted octanol–water partition coefficient (Wildman–Crippen LogP) is 3.97. The normalized spacial score (nSPS) is 12.8. The molecule has 5 heteroatoms. The predicted molar refractivity (Wildman–Crippen MR) is 102 cm³/mol. The van der Waals surface area contributed by atoms with Gasteiger partial charge in [-0.1, -0.05) is 18.2 Å². The molecule has 2 aromatic rings. The maximum atomic E-state index is 12.5. The number of methoxy groups -OCH3 is 2. The monoisotopic (exact) mass is 357 g/mol.